The fraction of sp³-hybridized carbons (Fsp3) is 0.500. The third kappa shape index (κ3) is 5.34. The van der Waals surface area contributed by atoms with E-state index in [0.29, 0.717) is 5.92 Å². The van der Waals surface area contributed by atoms with Crippen molar-refractivity contribution in [1.29, 1.82) is 0 Å². The maximum atomic E-state index is 12.8. The maximum absolute atomic E-state index is 12.8. The van der Waals surface area contributed by atoms with Gasteiger partial charge in [0.2, 0.25) is 0 Å². The fourth-order valence-electron chi connectivity index (χ4n) is 5.08. The van der Waals surface area contributed by atoms with Gasteiger partial charge in [0.1, 0.15) is 5.69 Å². The van der Waals surface area contributed by atoms with Crippen molar-refractivity contribution in [1.82, 2.24) is 29.6 Å². The summed E-state index contributed by atoms with van der Waals surface area (Å²) >= 11 is 1.69. The highest BCUT2D eigenvalue weighted by Gasteiger charge is 2.57. The molecule has 1 aromatic carbocycles. The lowest BCUT2D eigenvalue weighted by atomic mass is 9.97. The minimum atomic E-state index is -4.27. The molecule has 2 aromatic heterocycles. The Labute approximate surface area is 213 Å². The van der Waals surface area contributed by atoms with Gasteiger partial charge in [0.25, 0.3) is 0 Å². The first kappa shape index (κ1) is 25.9. The van der Waals surface area contributed by atoms with Crippen molar-refractivity contribution >= 4 is 24.2 Å². The molecule has 1 saturated heterocycles. The molecule has 3 aromatic rings. The van der Waals surface area contributed by atoms with Crippen LogP contribution in [0.5, 0.6) is 0 Å². The Hall–Kier alpha value is -2.17. The van der Waals surface area contributed by atoms with Crippen LogP contribution in [0, 0.1) is 12.3 Å². The molecule has 2 fully saturated rings. The monoisotopic (exact) mass is 524 g/mol. The molecule has 1 aliphatic carbocycles. The van der Waals surface area contributed by atoms with Crippen molar-refractivity contribution in [3.63, 3.8) is 0 Å². The van der Waals surface area contributed by atoms with E-state index >= 15 is 0 Å². The first-order chi connectivity index (χ1) is 16.3. The highest BCUT2D eigenvalue weighted by Crippen LogP contribution is 2.64. The molecule has 1 saturated carbocycles. The number of hydrogen-bond donors (Lipinski definition) is 0. The standard InChI is InChI=1S/C24H27F3N6S.ClH/c1-16-20(29-10-9-28-16)21-30-31-22(32(21)2)34-13-3-11-33-12-8-23(15-33)14-19(23)17-4-6-18(7-5-17)24(25,26)27;/h4-7,9-10,19H,3,8,11-15H2,1-2H3;1H. The molecular formula is C24H28ClF3N6S. The first-order valence-corrected chi connectivity index (χ1v) is 12.5. The van der Waals surface area contributed by atoms with E-state index in [0.717, 1.165) is 72.6 Å². The summed E-state index contributed by atoms with van der Waals surface area (Å²) in [7, 11) is 1.95. The Morgan fingerprint density at radius 3 is 2.57 bits per heavy atom. The van der Waals surface area contributed by atoms with Crippen molar-refractivity contribution in [2.45, 2.75) is 43.4 Å². The largest absolute Gasteiger partial charge is 0.416 e. The summed E-state index contributed by atoms with van der Waals surface area (Å²) in [6, 6.07) is 5.77. The molecule has 0 radical (unpaired) electrons. The van der Waals surface area contributed by atoms with Gasteiger partial charge in [0, 0.05) is 31.7 Å². The number of alkyl halides is 3. The number of hydrogen-bond acceptors (Lipinski definition) is 6. The summed E-state index contributed by atoms with van der Waals surface area (Å²) in [6.45, 7) is 5.02. The topological polar surface area (TPSA) is 59.7 Å². The van der Waals surface area contributed by atoms with Crippen LogP contribution in [0.3, 0.4) is 0 Å². The summed E-state index contributed by atoms with van der Waals surface area (Å²) in [5.74, 6) is 2.05. The van der Waals surface area contributed by atoms with Gasteiger partial charge in [0.15, 0.2) is 11.0 Å². The predicted octanol–water partition coefficient (Wildman–Crippen LogP) is 5.38. The van der Waals surface area contributed by atoms with Gasteiger partial charge < -0.3 is 9.47 Å². The third-order valence-electron chi connectivity index (χ3n) is 7.07. The minimum absolute atomic E-state index is 0. The van der Waals surface area contributed by atoms with Crippen molar-refractivity contribution < 1.29 is 13.2 Å². The zero-order valence-corrected chi connectivity index (χ0v) is 21.3. The number of aryl methyl sites for hydroxylation is 1. The Bertz CT molecular complexity index is 1170. The van der Waals surface area contributed by atoms with Crippen LogP contribution in [0.25, 0.3) is 11.5 Å². The van der Waals surface area contributed by atoms with E-state index in [-0.39, 0.29) is 17.8 Å². The molecule has 2 atom stereocenters. The van der Waals surface area contributed by atoms with E-state index in [1.807, 2.05) is 18.5 Å². The molecule has 5 rings (SSSR count). The van der Waals surface area contributed by atoms with Crippen molar-refractivity contribution in [3.05, 3.63) is 53.5 Å². The van der Waals surface area contributed by atoms with Crippen LogP contribution in [0.15, 0.2) is 41.8 Å². The van der Waals surface area contributed by atoms with Crippen LogP contribution >= 0.6 is 24.2 Å². The SMILES string of the molecule is Cc1nccnc1-c1nnc(SCCCN2CCC3(CC3c3ccc(C(F)(F)F)cc3)C2)n1C.Cl. The summed E-state index contributed by atoms with van der Waals surface area (Å²) in [6.07, 6.45) is 2.29. The second kappa shape index (κ2) is 10.1. The molecule has 2 aliphatic rings. The molecule has 0 N–H and O–H groups in total. The van der Waals surface area contributed by atoms with Crippen LogP contribution in [-0.2, 0) is 13.2 Å². The predicted molar refractivity (Wildman–Crippen MR) is 132 cm³/mol. The van der Waals surface area contributed by atoms with Gasteiger partial charge in [-0.05, 0) is 68.3 Å². The molecule has 0 amide bonds. The lowest BCUT2D eigenvalue weighted by molar-refractivity contribution is -0.137. The average Bonchev–Trinajstić information content (AvgIpc) is 3.16. The quantitative estimate of drug-likeness (QED) is 0.305. The zero-order chi connectivity index (χ0) is 23.9. The second-order valence-corrected chi connectivity index (χ2v) is 10.4. The van der Waals surface area contributed by atoms with Gasteiger partial charge in [-0.1, -0.05) is 23.9 Å². The molecule has 35 heavy (non-hydrogen) atoms. The zero-order valence-electron chi connectivity index (χ0n) is 19.6. The van der Waals surface area contributed by atoms with Gasteiger partial charge in [-0.15, -0.1) is 22.6 Å². The van der Waals surface area contributed by atoms with E-state index in [4.69, 9.17) is 0 Å². The molecule has 1 spiro atoms. The summed E-state index contributed by atoms with van der Waals surface area (Å²) < 4.78 is 40.5. The molecule has 1 aliphatic heterocycles. The Morgan fingerprint density at radius 2 is 1.86 bits per heavy atom. The van der Waals surface area contributed by atoms with Crippen LogP contribution in [0.4, 0.5) is 13.2 Å². The summed E-state index contributed by atoms with van der Waals surface area (Å²) in [5, 5.41) is 9.49. The van der Waals surface area contributed by atoms with E-state index < -0.39 is 11.7 Å². The highest BCUT2D eigenvalue weighted by molar-refractivity contribution is 7.99. The van der Waals surface area contributed by atoms with E-state index in [9.17, 15) is 13.2 Å². The summed E-state index contributed by atoms with van der Waals surface area (Å²) in [4.78, 5) is 11.2. The Kier molecular flexibility index (Phi) is 7.45. The van der Waals surface area contributed by atoms with Crippen LogP contribution in [0.2, 0.25) is 0 Å². The normalized spacial score (nSPS) is 21.9. The molecule has 3 heterocycles. The number of aromatic nitrogens is 5. The van der Waals surface area contributed by atoms with Gasteiger partial charge >= 0.3 is 6.18 Å². The fourth-order valence-corrected chi connectivity index (χ4v) is 5.91. The summed E-state index contributed by atoms with van der Waals surface area (Å²) in [5.41, 5.74) is 2.30. The third-order valence-corrected chi connectivity index (χ3v) is 8.18. The van der Waals surface area contributed by atoms with Crippen LogP contribution in [-0.4, -0.2) is 55.0 Å². The van der Waals surface area contributed by atoms with Gasteiger partial charge in [-0.2, -0.15) is 13.2 Å². The molecule has 0 bridgehead atoms. The molecule has 2 unspecified atom stereocenters. The van der Waals surface area contributed by atoms with Gasteiger partial charge in [-0.25, -0.2) is 4.98 Å². The smallest absolute Gasteiger partial charge is 0.304 e. The second-order valence-electron chi connectivity index (χ2n) is 9.32. The Morgan fingerprint density at radius 1 is 1.11 bits per heavy atom. The average molecular weight is 525 g/mol. The Balaban J connectivity index is 0.00000289. The molecule has 11 heteroatoms. The highest BCUT2D eigenvalue weighted by atomic mass is 35.5. The lowest BCUT2D eigenvalue weighted by Gasteiger charge is -2.16. The number of nitrogens with zero attached hydrogens (tertiary/aromatic N) is 6. The molecular weight excluding hydrogens is 497 g/mol. The maximum Gasteiger partial charge on any atom is 0.416 e. The van der Waals surface area contributed by atoms with Crippen LogP contribution in [0.1, 0.15) is 42.0 Å². The number of halogens is 4. The van der Waals surface area contributed by atoms with E-state index in [1.165, 1.54) is 12.1 Å². The van der Waals surface area contributed by atoms with E-state index in [1.54, 1.807) is 36.3 Å². The lowest BCUT2D eigenvalue weighted by Crippen LogP contribution is -2.23. The van der Waals surface area contributed by atoms with Crippen molar-refractivity contribution in [2.24, 2.45) is 12.5 Å². The molecule has 6 nitrogen and oxygen atoms in total. The van der Waals surface area contributed by atoms with E-state index in [2.05, 4.69) is 25.1 Å². The number of rotatable bonds is 7. The van der Waals surface area contributed by atoms with Gasteiger partial charge in [0.05, 0.1) is 11.3 Å². The first-order valence-electron chi connectivity index (χ1n) is 11.5. The van der Waals surface area contributed by atoms with Gasteiger partial charge in [-0.3, -0.25) is 4.98 Å². The number of likely N-dealkylation sites (tertiary alicyclic amines) is 1. The van der Waals surface area contributed by atoms with Crippen LogP contribution < -0.4 is 0 Å². The van der Waals surface area contributed by atoms with Crippen molar-refractivity contribution in [3.8, 4) is 11.5 Å². The van der Waals surface area contributed by atoms with Crippen molar-refractivity contribution in [2.75, 3.05) is 25.4 Å². The molecule has 188 valence electrons. The number of thioether (sulfide) groups is 1. The number of benzene rings is 1. The minimum Gasteiger partial charge on any atom is -0.304 e.